The summed E-state index contributed by atoms with van der Waals surface area (Å²) in [6.45, 7) is 0. The zero-order valence-corrected chi connectivity index (χ0v) is 36.6. The molecule has 0 radical (unpaired) electrons. The lowest BCUT2D eigenvalue weighted by Crippen LogP contribution is -2.26. The lowest BCUT2D eigenvalue weighted by atomic mass is 9.69. The Balaban J connectivity index is 1.01. The Labute approximate surface area is 388 Å². The van der Waals surface area contributed by atoms with Crippen molar-refractivity contribution in [2.24, 2.45) is 0 Å². The molecule has 1 spiro atoms. The number of rotatable bonds is 3. The van der Waals surface area contributed by atoms with E-state index in [0.29, 0.717) is 0 Å². The largest absolute Gasteiger partial charge is 0.0731 e. The Morgan fingerprint density at radius 3 is 1.30 bits per heavy atom. The minimum Gasteiger partial charge on any atom is -0.0622 e. The number of hydrogen-bond acceptors (Lipinski definition) is 0. The van der Waals surface area contributed by atoms with Gasteiger partial charge in [0.15, 0.2) is 0 Å². The molecule has 2 aliphatic rings. The van der Waals surface area contributed by atoms with E-state index in [2.05, 4.69) is 243 Å². The van der Waals surface area contributed by atoms with Crippen LogP contribution in [0.25, 0.3) is 120 Å². The van der Waals surface area contributed by atoms with Gasteiger partial charge in [-0.1, -0.05) is 224 Å². The van der Waals surface area contributed by atoms with Gasteiger partial charge in [0.2, 0.25) is 0 Å². The lowest BCUT2D eigenvalue weighted by Gasteiger charge is -2.32. The predicted octanol–water partition coefficient (Wildman–Crippen LogP) is 18.0. The van der Waals surface area contributed by atoms with Crippen LogP contribution in [0, 0.1) is 0 Å². The first-order valence-corrected chi connectivity index (χ1v) is 23.5. The van der Waals surface area contributed by atoms with Gasteiger partial charge in [-0.15, -0.1) is 0 Å². The molecular formula is C67H40. The molecule has 13 aromatic rings. The molecule has 0 unspecified atom stereocenters. The van der Waals surface area contributed by atoms with Crippen molar-refractivity contribution in [2.45, 2.75) is 5.41 Å². The molecule has 0 amide bonds. The summed E-state index contributed by atoms with van der Waals surface area (Å²) < 4.78 is 0. The Morgan fingerprint density at radius 1 is 0.209 bits per heavy atom. The van der Waals surface area contributed by atoms with Crippen LogP contribution in [0.2, 0.25) is 0 Å². The highest BCUT2D eigenvalue weighted by molar-refractivity contribution is 6.25. The third-order valence-electron chi connectivity index (χ3n) is 15.4. The second-order valence-corrected chi connectivity index (χ2v) is 18.6. The molecule has 0 heteroatoms. The average molecular weight is 845 g/mol. The van der Waals surface area contributed by atoms with Crippen molar-refractivity contribution in [3.63, 3.8) is 0 Å². The summed E-state index contributed by atoms with van der Waals surface area (Å²) in [6, 6.07) is 91.4. The molecule has 67 heavy (non-hydrogen) atoms. The van der Waals surface area contributed by atoms with E-state index in [9.17, 15) is 0 Å². The summed E-state index contributed by atoms with van der Waals surface area (Å²) in [4.78, 5) is 0. The van der Waals surface area contributed by atoms with Crippen molar-refractivity contribution < 1.29 is 0 Å². The lowest BCUT2D eigenvalue weighted by molar-refractivity contribution is 0.803. The minimum absolute atomic E-state index is 0.494. The van der Waals surface area contributed by atoms with Crippen LogP contribution >= 0.6 is 0 Å². The zero-order chi connectivity index (χ0) is 43.8. The van der Waals surface area contributed by atoms with Gasteiger partial charge in [0.25, 0.3) is 0 Å². The molecule has 0 atom stereocenters. The molecule has 0 saturated heterocycles. The summed E-state index contributed by atoms with van der Waals surface area (Å²) in [7, 11) is 0. The first-order valence-electron chi connectivity index (χ1n) is 23.5. The molecule has 0 fully saturated rings. The molecule has 2 aliphatic carbocycles. The van der Waals surface area contributed by atoms with Crippen molar-refractivity contribution in [1.82, 2.24) is 0 Å². The molecule has 0 nitrogen and oxygen atoms in total. The smallest absolute Gasteiger partial charge is 0.0622 e. The van der Waals surface area contributed by atoms with Crippen molar-refractivity contribution in [1.29, 1.82) is 0 Å². The quantitative estimate of drug-likeness (QED) is 0.123. The third kappa shape index (κ3) is 4.86. The van der Waals surface area contributed by atoms with Crippen LogP contribution in [0.1, 0.15) is 22.3 Å². The first kappa shape index (κ1) is 36.7. The van der Waals surface area contributed by atoms with Crippen LogP contribution in [-0.4, -0.2) is 0 Å². The van der Waals surface area contributed by atoms with E-state index in [1.807, 2.05) is 0 Å². The van der Waals surface area contributed by atoms with Crippen LogP contribution in [0.5, 0.6) is 0 Å². The number of hydrogen-bond donors (Lipinski definition) is 0. The highest BCUT2D eigenvalue weighted by atomic mass is 14.5. The zero-order valence-electron chi connectivity index (χ0n) is 36.6. The summed E-state index contributed by atoms with van der Waals surface area (Å²) in [5.74, 6) is 0. The SMILES string of the molecule is c1ccc(-c2ccc(-c3c4ccccc4c(-c4ccc5cc6c(cc5c4)C4(c5ccccc5-c5ccccc54)c4c-6c5ccccc5c5ccccc45)c4ccccc34)c3ccccc23)cc1. The van der Waals surface area contributed by atoms with E-state index >= 15 is 0 Å². The molecule has 0 heterocycles. The maximum Gasteiger partial charge on any atom is 0.0731 e. The second kappa shape index (κ2) is 13.7. The predicted molar refractivity (Wildman–Crippen MR) is 284 cm³/mol. The fourth-order valence-electron chi connectivity index (χ4n) is 12.8. The van der Waals surface area contributed by atoms with Crippen molar-refractivity contribution in [3.8, 4) is 55.6 Å². The van der Waals surface area contributed by atoms with E-state index in [0.717, 1.165) is 0 Å². The molecule has 0 N–H and O–H groups in total. The normalized spacial score (nSPS) is 13.2. The van der Waals surface area contributed by atoms with E-state index in [4.69, 9.17) is 0 Å². The van der Waals surface area contributed by atoms with Crippen molar-refractivity contribution >= 4 is 64.6 Å². The molecular weight excluding hydrogens is 805 g/mol. The summed E-state index contributed by atoms with van der Waals surface area (Å²) >= 11 is 0. The highest BCUT2D eigenvalue weighted by Gasteiger charge is 2.53. The van der Waals surface area contributed by atoms with Crippen LogP contribution in [0.3, 0.4) is 0 Å². The fourth-order valence-corrected chi connectivity index (χ4v) is 12.8. The van der Waals surface area contributed by atoms with Gasteiger partial charge < -0.3 is 0 Å². The molecule has 0 saturated carbocycles. The molecule has 13 aromatic carbocycles. The topological polar surface area (TPSA) is 0 Å². The van der Waals surface area contributed by atoms with Crippen molar-refractivity contribution in [2.75, 3.05) is 0 Å². The van der Waals surface area contributed by atoms with Gasteiger partial charge in [-0.2, -0.15) is 0 Å². The molecule has 0 aliphatic heterocycles. The van der Waals surface area contributed by atoms with Gasteiger partial charge in [-0.3, -0.25) is 0 Å². The Hall–Kier alpha value is -8.58. The molecule has 15 rings (SSSR count). The molecule has 308 valence electrons. The van der Waals surface area contributed by atoms with Crippen molar-refractivity contribution in [3.05, 3.63) is 265 Å². The van der Waals surface area contributed by atoms with Gasteiger partial charge in [-0.05, 0) is 161 Å². The maximum absolute atomic E-state index is 2.57. The van der Waals surface area contributed by atoms with Crippen LogP contribution in [0.4, 0.5) is 0 Å². The maximum atomic E-state index is 2.57. The van der Waals surface area contributed by atoms with Crippen LogP contribution in [0.15, 0.2) is 243 Å². The number of fused-ring (bicyclic) bond motifs is 19. The standard InChI is InChI=1S/C67H40/c1-2-18-41(19-3-1)45-36-37-57(47-21-5-4-20-46(45)47)64-55-29-11-9-27-53(55)63(54-28-10-12-30-56(54)64)43-35-34-42-39-59-62(40-44(42)38-43)67(60-32-16-14-24-50(60)51-25-15-17-33-61(51)67)66-58-31-13-7-23-49(58)48-22-6-8-26-52(48)65(59)66/h1-40H. The van der Waals surface area contributed by atoms with Gasteiger partial charge in [0, 0.05) is 0 Å². The van der Waals surface area contributed by atoms with Gasteiger partial charge in [0.05, 0.1) is 5.41 Å². The fraction of sp³-hybridized carbons (Fsp3) is 0.0149. The molecule has 0 bridgehead atoms. The Kier molecular flexibility index (Phi) is 7.52. The van der Waals surface area contributed by atoms with Gasteiger partial charge in [0.1, 0.15) is 0 Å². The molecule has 0 aromatic heterocycles. The second-order valence-electron chi connectivity index (χ2n) is 18.6. The third-order valence-corrected chi connectivity index (χ3v) is 15.4. The van der Waals surface area contributed by atoms with E-state index in [1.54, 1.807) is 0 Å². The van der Waals surface area contributed by atoms with E-state index < -0.39 is 5.41 Å². The highest BCUT2D eigenvalue weighted by Crippen LogP contribution is 2.66. The van der Waals surface area contributed by atoms with Gasteiger partial charge in [-0.25, -0.2) is 0 Å². The monoisotopic (exact) mass is 844 g/mol. The van der Waals surface area contributed by atoms with Crippen LogP contribution in [-0.2, 0) is 5.41 Å². The van der Waals surface area contributed by atoms with Crippen LogP contribution < -0.4 is 0 Å². The Morgan fingerprint density at radius 2 is 0.672 bits per heavy atom. The summed E-state index contributed by atoms with van der Waals surface area (Å²) in [6.07, 6.45) is 0. The first-order chi connectivity index (χ1) is 33.3. The summed E-state index contributed by atoms with van der Waals surface area (Å²) in [5, 5.41) is 15.3. The minimum atomic E-state index is -0.494. The average Bonchev–Trinajstić information content (AvgIpc) is 3.87. The number of benzene rings is 13. The van der Waals surface area contributed by atoms with Gasteiger partial charge >= 0.3 is 0 Å². The van der Waals surface area contributed by atoms with E-state index in [1.165, 1.54) is 143 Å². The van der Waals surface area contributed by atoms with E-state index in [-0.39, 0.29) is 0 Å². The summed E-state index contributed by atoms with van der Waals surface area (Å²) in [5.41, 5.74) is 17.9. The Bertz CT molecular complexity index is 4160.